The lowest BCUT2D eigenvalue weighted by atomic mass is 9.96. The molecule has 0 aliphatic carbocycles. The molecule has 0 saturated heterocycles. The first-order valence-electron chi connectivity index (χ1n) is 7.92. The van der Waals surface area contributed by atoms with Crippen LogP contribution in [-0.2, 0) is 11.3 Å². The number of amides is 1. The van der Waals surface area contributed by atoms with Crippen molar-refractivity contribution < 1.29 is 4.79 Å². The molecule has 3 rings (SSSR count). The quantitative estimate of drug-likeness (QED) is 0.717. The standard InChI is InChI=1S/C17H19N5O2/c1-2-13(12-6-4-3-5-7-12)16(23)19-8-9-22-15-14(21-17(22)24)10-18-11-20-15/h3-7,10-11,13H,2,8-9H2,1H3,(H,19,23)(H,21,24)/t13-/m0/s1. The van der Waals surface area contributed by atoms with Crippen LogP contribution in [0.2, 0.25) is 0 Å². The first-order valence-corrected chi connectivity index (χ1v) is 7.92. The van der Waals surface area contributed by atoms with Crippen LogP contribution in [0.1, 0.15) is 24.8 Å². The van der Waals surface area contributed by atoms with E-state index >= 15 is 0 Å². The molecule has 124 valence electrons. The van der Waals surface area contributed by atoms with Gasteiger partial charge < -0.3 is 10.3 Å². The highest BCUT2D eigenvalue weighted by Crippen LogP contribution is 2.19. The first kappa shape index (κ1) is 15.9. The van der Waals surface area contributed by atoms with Crippen molar-refractivity contribution in [2.45, 2.75) is 25.8 Å². The van der Waals surface area contributed by atoms with Crippen LogP contribution in [0.25, 0.3) is 11.2 Å². The number of hydrogen-bond donors (Lipinski definition) is 2. The van der Waals surface area contributed by atoms with E-state index in [1.165, 1.54) is 10.9 Å². The van der Waals surface area contributed by atoms with Gasteiger partial charge in [-0.2, -0.15) is 0 Å². The van der Waals surface area contributed by atoms with Gasteiger partial charge >= 0.3 is 5.69 Å². The highest BCUT2D eigenvalue weighted by Gasteiger charge is 2.18. The molecule has 0 aliphatic heterocycles. The Morgan fingerprint density at radius 2 is 2.12 bits per heavy atom. The number of carbonyl (C=O) groups excluding carboxylic acids is 1. The predicted molar refractivity (Wildman–Crippen MR) is 90.6 cm³/mol. The number of nitrogens with zero attached hydrogens (tertiary/aromatic N) is 3. The third-order valence-electron chi connectivity index (χ3n) is 3.99. The molecule has 0 spiro atoms. The predicted octanol–water partition coefficient (Wildman–Crippen LogP) is 1.43. The van der Waals surface area contributed by atoms with Crippen molar-refractivity contribution >= 4 is 17.1 Å². The van der Waals surface area contributed by atoms with E-state index in [2.05, 4.69) is 20.3 Å². The topological polar surface area (TPSA) is 92.7 Å². The van der Waals surface area contributed by atoms with Crippen molar-refractivity contribution in [3.8, 4) is 0 Å². The van der Waals surface area contributed by atoms with Crippen LogP contribution in [0, 0.1) is 0 Å². The van der Waals surface area contributed by atoms with Gasteiger partial charge in [0.25, 0.3) is 0 Å². The summed E-state index contributed by atoms with van der Waals surface area (Å²) in [5.41, 5.74) is 1.87. The smallest absolute Gasteiger partial charge is 0.327 e. The third kappa shape index (κ3) is 3.19. The fourth-order valence-corrected chi connectivity index (χ4v) is 2.78. The van der Waals surface area contributed by atoms with Gasteiger partial charge in [0.2, 0.25) is 5.91 Å². The molecule has 2 N–H and O–H groups in total. The molecule has 7 heteroatoms. The summed E-state index contributed by atoms with van der Waals surface area (Å²) in [6.45, 7) is 2.70. The van der Waals surface area contributed by atoms with Crippen molar-refractivity contribution in [3.63, 3.8) is 0 Å². The van der Waals surface area contributed by atoms with Gasteiger partial charge in [0.15, 0.2) is 5.65 Å². The van der Waals surface area contributed by atoms with Gasteiger partial charge in [-0.3, -0.25) is 9.36 Å². The Morgan fingerprint density at radius 1 is 1.33 bits per heavy atom. The third-order valence-corrected chi connectivity index (χ3v) is 3.99. The van der Waals surface area contributed by atoms with Crippen LogP contribution < -0.4 is 11.0 Å². The fourth-order valence-electron chi connectivity index (χ4n) is 2.78. The summed E-state index contributed by atoms with van der Waals surface area (Å²) in [5, 5.41) is 2.91. The average molecular weight is 325 g/mol. The number of hydrogen-bond acceptors (Lipinski definition) is 4. The summed E-state index contributed by atoms with van der Waals surface area (Å²) in [5.74, 6) is -0.223. The van der Waals surface area contributed by atoms with E-state index in [1.807, 2.05) is 37.3 Å². The molecule has 3 aromatic rings. The molecule has 1 aromatic carbocycles. The monoisotopic (exact) mass is 325 g/mol. The van der Waals surface area contributed by atoms with E-state index in [0.29, 0.717) is 24.3 Å². The molecule has 0 bridgehead atoms. The molecule has 0 unspecified atom stereocenters. The molecule has 0 fully saturated rings. The maximum atomic E-state index is 12.4. The normalized spacial score (nSPS) is 12.2. The first-order chi connectivity index (χ1) is 11.7. The van der Waals surface area contributed by atoms with Gasteiger partial charge in [-0.05, 0) is 12.0 Å². The molecule has 0 radical (unpaired) electrons. The number of rotatable bonds is 6. The van der Waals surface area contributed by atoms with E-state index in [4.69, 9.17) is 0 Å². The molecule has 2 aromatic heterocycles. The summed E-state index contributed by atoms with van der Waals surface area (Å²) < 4.78 is 1.50. The molecule has 0 aliphatic rings. The molecule has 1 amide bonds. The summed E-state index contributed by atoms with van der Waals surface area (Å²) >= 11 is 0. The summed E-state index contributed by atoms with van der Waals surface area (Å²) in [4.78, 5) is 35.1. The Morgan fingerprint density at radius 3 is 2.88 bits per heavy atom. The zero-order valence-electron chi connectivity index (χ0n) is 13.4. The van der Waals surface area contributed by atoms with Gasteiger partial charge in [-0.1, -0.05) is 37.3 Å². The second-order valence-corrected chi connectivity index (χ2v) is 5.50. The van der Waals surface area contributed by atoms with Crippen molar-refractivity contribution in [2.75, 3.05) is 6.54 Å². The molecule has 0 saturated carbocycles. The van der Waals surface area contributed by atoms with E-state index in [1.54, 1.807) is 6.20 Å². The molecular weight excluding hydrogens is 306 g/mol. The van der Waals surface area contributed by atoms with Crippen LogP contribution in [0.5, 0.6) is 0 Å². The lowest BCUT2D eigenvalue weighted by Crippen LogP contribution is -2.33. The zero-order valence-corrected chi connectivity index (χ0v) is 13.4. The number of H-pyrrole nitrogens is 1. The second-order valence-electron chi connectivity index (χ2n) is 5.50. The minimum absolute atomic E-state index is 0.0359. The summed E-state index contributed by atoms with van der Waals surface area (Å²) in [6, 6.07) is 9.69. The summed E-state index contributed by atoms with van der Waals surface area (Å²) in [7, 11) is 0. The average Bonchev–Trinajstić information content (AvgIpc) is 2.92. The number of aromatic amines is 1. The number of fused-ring (bicyclic) bond motifs is 1. The highest BCUT2D eigenvalue weighted by atomic mass is 16.2. The highest BCUT2D eigenvalue weighted by molar-refractivity contribution is 5.83. The maximum Gasteiger partial charge on any atom is 0.327 e. The van der Waals surface area contributed by atoms with Crippen molar-refractivity contribution in [3.05, 3.63) is 58.9 Å². The lowest BCUT2D eigenvalue weighted by molar-refractivity contribution is -0.122. The molecular formula is C17H19N5O2. The van der Waals surface area contributed by atoms with Crippen LogP contribution in [0.15, 0.2) is 47.7 Å². The van der Waals surface area contributed by atoms with Crippen molar-refractivity contribution in [2.24, 2.45) is 0 Å². The minimum Gasteiger partial charge on any atom is -0.354 e. The van der Waals surface area contributed by atoms with E-state index < -0.39 is 0 Å². The maximum absolute atomic E-state index is 12.4. The van der Waals surface area contributed by atoms with E-state index in [9.17, 15) is 9.59 Å². The van der Waals surface area contributed by atoms with Crippen LogP contribution in [0.3, 0.4) is 0 Å². The molecule has 1 atom stereocenters. The SMILES string of the molecule is CC[C@H](C(=O)NCCn1c(=O)[nH]c2cncnc21)c1ccccc1. The van der Waals surface area contributed by atoms with Gasteiger partial charge in [-0.25, -0.2) is 14.8 Å². The van der Waals surface area contributed by atoms with Crippen molar-refractivity contribution in [1.29, 1.82) is 0 Å². The van der Waals surface area contributed by atoms with Gasteiger partial charge in [0.05, 0.1) is 12.1 Å². The van der Waals surface area contributed by atoms with Gasteiger partial charge in [-0.15, -0.1) is 0 Å². The van der Waals surface area contributed by atoms with Gasteiger partial charge in [0.1, 0.15) is 11.8 Å². The number of benzene rings is 1. The Hall–Kier alpha value is -2.96. The van der Waals surface area contributed by atoms with E-state index in [0.717, 1.165) is 12.0 Å². The zero-order chi connectivity index (χ0) is 16.9. The molecule has 24 heavy (non-hydrogen) atoms. The lowest BCUT2D eigenvalue weighted by Gasteiger charge is -2.15. The van der Waals surface area contributed by atoms with E-state index in [-0.39, 0.29) is 17.5 Å². The Balaban J connectivity index is 1.66. The Labute approximate surface area is 138 Å². The number of carbonyl (C=O) groups is 1. The second kappa shape index (κ2) is 7.08. The number of aromatic nitrogens is 4. The minimum atomic E-state index is -0.255. The number of nitrogens with one attached hydrogen (secondary N) is 2. The summed E-state index contributed by atoms with van der Waals surface area (Å²) in [6.07, 6.45) is 3.67. The van der Waals surface area contributed by atoms with Crippen LogP contribution in [0.4, 0.5) is 0 Å². The number of imidazole rings is 1. The molecule has 7 nitrogen and oxygen atoms in total. The largest absolute Gasteiger partial charge is 0.354 e. The Bertz CT molecular complexity index is 885. The molecule has 2 heterocycles. The van der Waals surface area contributed by atoms with Gasteiger partial charge in [0, 0.05) is 13.1 Å². The Kier molecular flexibility index (Phi) is 4.69. The fraction of sp³-hybridized carbons (Fsp3) is 0.294. The van der Waals surface area contributed by atoms with Crippen LogP contribution >= 0.6 is 0 Å². The van der Waals surface area contributed by atoms with Crippen LogP contribution in [-0.4, -0.2) is 32.0 Å². The van der Waals surface area contributed by atoms with Crippen molar-refractivity contribution in [1.82, 2.24) is 24.8 Å².